The van der Waals surface area contributed by atoms with Crippen molar-refractivity contribution >= 4 is 55.1 Å². The minimum absolute atomic E-state index is 0.0550. The summed E-state index contributed by atoms with van der Waals surface area (Å²) in [6.45, 7) is 1.33. The molecule has 212 valence electrons. The fourth-order valence-electron chi connectivity index (χ4n) is 4.84. The molecule has 3 aromatic carbocycles. The van der Waals surface area contributed by atoms with E-state index in [0.29, 0.717) is 10.7 Å². The van der Waals surface area contributed by atoms with Crippen LogP contribution in [0.5, 0.6) is 0 Å². The van der Waals surface area contributed by atoms with Crippen molar-refractivity contribution in [2.45, 2.75) is 62.6 Å². The molecule has 2 amide bonds. The lowest BCUT2D eigenvalue weighted by Gasteiger charge is -2.33. The molecule has 0 bridgehead atoms. The second kappa shape index (κ2) is 13.7. The largest absolute Gasteiger partial charge is 0.352 e. The minimum Gasteiger partial charge on any atom is -0.352 e. The third-order valence-electron chi connectivity index (χ3n) is 7.09. The first-order chi connectivity index (χ1) is 19.1. The van der Waals surface area contributed by atoms with Crippen LogP contribution in [0, 0.1) is 0 Å². The number of anilines is 1. The molecule has 4 rings (SSSR count). The van der Waals surface area contributed by atoms with Crippen LogP contribution < -0.4 is 9.62 Å². The van der Waals surface area contributed by atoms with Crippen LogP contribution in [0.3, 0.4) is 0 Å². The maximum Gasteiger partial charge on any atom is 0.264 e. The van der Waals surface area contributed by atoms with E-state index in [0.717, 1.165) is 46.4 Å². The van der Waals surface area contributed by atoms with Gasteiger partial charge < -0.3 is 10.2 Å². The normalized spacial score (nSPS) is 14.8. The van der Waals surface area contributed by atoms with Crippen molar-refractivity contribution in [3.05, 3.63) is 93.9 Å². The third-order valence-corrected chi connectivity index (χ3v) is 9.62. The highest BCUT2D eigenvalue weighted by Crippen LogP contribution is 2.26. The van der Waals surface area contributed by atoms with Crippen LogP contribution in [0.2, 0.25) is 5.02 Å². The number of amides is 2. The number of sulfonamides is 1. The number of nitrogens with one attached hydrogen (secondary N) is 1. The molecule has 1 aliphatic carbocycles. The number of nitrogens with zero attached hydrogens (tertiary/aromatic N) is 2. The second-order valence-electron chi connectivity index (χ2n) is 9.97. The molecule has 3 aromatic rings. The van der Waals surface area contributed by atoms with Crippen LogP contribution in [0.1, 0.15) is 44.6 Å². The van der Waals surface area contributed by atoms with Gasteiger partial charge in [-0.1, -0.05) is 77.1 Å². The molecule has 1 saturated carbocycles. The summed E-state index contributed by atoms with van der Waals surface area (Å²) in [4.78, 5) is 28.9. The quantitative estimate of drug-likeness (QED) is 0.286. The molecular weight excluding hydrogens is 614 g/mol. The summed E-state index contributed by atoms with van der Waals surface area (Å²) in [5.74, 6) is -0.750. The van der Waals surface area contributed by atoms with Gasteiger partial charge in [0.05, 0.1) is 10.6 Å². The summed E-state index contributed by atoms with van der Waals surface area (Å²) in [6.07, 6.45) is 5.11. The highest BCUT2D eigenvalue weighted by atomic mass is 79.9. The predicted octanol–water partition coefficient (Wildman–Crippen LogP) is 6.16. The van der Waals surface area contributed by atoms with Crippen molar-refractivity contribution < 1.29 is 18.0 Å². The van der Waals surface area contributed by atoms with Crippen LogP contribution in [0.4, 0.5) is 5.69 Å². The number of carbonyl (C=O) groups excluding carboxylic acids is 2. The van der Waals surface area contributed by atoms with Gasteiger partial charge in [0.25, 0.3) is 10.0 Å². The highest BCUT2D eigenvalue weighted by Gasteiger charge is 2.33. The van der Waals surface area contributed by atoms with Gasteiger partial charge in [0, 0.05) is 22.1 Å². The number of hydrogen-bond donors (Lipinski definition) is 1. The predicted molar refractivity (Wildman–Crippen MR) is 162 cm³/mol. The molecule has 1 aliphatic rings. The van der Waals surface area contributed by atoms with Crippen LogP contribution in [-0.4, -0.2) is 43.8 Å². The Labute approximate surface area is 249 Å². The van der Waals surface area contributed by atoms with Gasteiger partial charge in [0.15, 0.2) is 0 Å². The fraction of sp³-hybridized carbons (Fsp3) is 0.333. The number of carbonyl (C=O) groups is 2. The Morgan fingerprint density at radius 2 is 1.65 bits per heavy atom. The maximum atomic E-state index is 14.0. The number of benzene rings is 3. The molecule has 0 radical (unpaired) electrons. The first kappa shape index (κ1) is 30.1. The molecule has 0 saturated heterocycles. The van der Waals surface area contributed by atoms with E-state index in [-0.39, 0.29) is 23.4 Å². The van der Waals surface area contributed by atoms with Gasteiger partial charge in [-0.3, -0.25) is 13.9 Å². The Morgan fingerprint density at radius 3 is 2.30 bits per heavy atom. The molecule has 1 fully saturated rings. The lowest BCUT2D eigenvalue weighted by atomic mass is 9.95. The molecule has 0 spiro atoms. The molecule has 10 heteroatoms. The van der Waals surface area contributed by atoms with E-state index < -0.39 is 28.5 Å². The van der Waals surface area contributed by atoms with Crippen molar-refractivity contribution in [3.8, 4) is 0 Å². The standard InChI is InChI=1S/C30H33BrClN3O4S/c1-22(30(37)33-26-11-4-2-5-12-26)34(20-23-9-8-10-24(31)19-23)29(36)21-35(27-17-15-25(32)16-18-27)40(38,39)28-13-6-3-7-14-28/h3,6-10,13-19,22,26H,2,4-5,11-12,20-21H2,1H3,(H,33,37)/t22-/m1/s1. The lowest BCUT2D eigenvalue weighted by molar-refractivity contribution is -0.139. The third kappa shape index (κ3) is 7.65. The lowest BCUT2D eigenvalue weighted by Crippen LogP contribution is -2.53. The SMILES string of the molecule is C[C@H](C(=O)NC1CCCCC1)N(Cc1cccc(Br)c1)C(=O)CN(c1ccc(Cl)cc1)S(=O)(=O)c1ccccc1. The van der Waals surface area contributed by atoms with Crippen molar-refractivity contribution in [2.24, 2.45) is 0 Å². The highest BCUT2D eigenvalue weighted by molar-refractivity contribution is 9.10. The average Bonchev–Trinajstić information content (AvgIpc) is 2.95. The number of hydrogen-bond acceptors (Lipinski definition) is 4. The van der Waals surface area contributed by atoms with Crippen LogP contribution in [0.15, 0.2) is 88.2 Å². The van der Waals surface area contributed by atoms with E-state index in [9.17, 15) is 18.0 Å². The van der Waals surface area contributed by atoms with Crippen LogP contribution in [0.25, 0.3) is 0 Å². The molecule has 0 aliphatic heterocycles. The Hall–Kier alpha value is -2.88. The van der Waals surface area contributed by atoms with Crippen molar-refractivity contribution in [1.29, 1.82) is 0 Å². The van der Waals surface area contributed by atoms with Crippen LogP contribution >= 0.6 is 27.5 Å². The summed E-state index contributed by atoms with van der Waals surface area (Å²) < 4.78 is 29.5. The Balaban J connectivity index is 1.66. The molecule has 0 heterocycles. The number of rotatable bonds is 10. The second-order valence-corrected chi connectivity index (χ2v) is 13.2. The van der Waals surface area contributed by atoms with Gasteiger partial charge in [0.1, 0.15) is 12.6 Å². The Morgan fingerprint density at radius 1 is 0.975 bits per heavy atom. The zero-order valence-electron chi connectivity index (χ0n) is 22.3. The molecule has 0 unspecified atom stereocenters. The fourth-order valence-corrected chi connectivity index (χ4v) is 6.85. The van der Waals surface area contributed by atoms with Gasteiger partial charge >= 0.3 is 0 Å². The summed E-state index contributed by atoms with van der Waals surface area (Å²) in [7, 11) is -4.11. The monoisotopic (exact) mass is 645 g/mol. The summed E-state index contributed by atoms with van der Waals surface area (Å²) in [6, 6.07) is 21.0. The molecule has 0 aromatic heterocycles. The molecule has 7 nitrogen and oxygen atoms in total. The van der Waals surface area contributed by atoms with E-state index in [4.69, 9.17) is 11.6 Å². The molecule has 1 atom stereocenters. The smallest absolute Gasteiger partial charge is 0.264 e. The topological polar surface area (TPSA) is 86.8 Å². The van der Waals surface area contributed by atoms with Gasteiger partial charge in [0.2, 0.25) is 11.8 Å². The van der Waals surface area contributed by atoms with Gasteiger partial charge in [-0.25, -0.2) is 8.42 Å². The van der Waals surface area contributed by atoms with E-state index in [1.54, 1.807) is 49.4 Å². The zero-order valence-corrected chi connectivity index (χ0v) is 25.5. The van der Waals surface area contributed by atoms with Crippen LogP contribution in [-0.2, 0) is 26.2 Å². The average molecular weight is 647 g/mol. The van der Waals surface area contributed by atoms with Crippen molar-refractivity contribution in [3.63, 3.8) is 0 Å². The zero-order chi connectivity index (χ0) is 28.7. The molecular formula is C30H33BrClN3O4S. The van der Waals surface area contributed by atoms with Crippen molar-refractivity contribution in [1.82, 2.24) is 10.2 Å². The van der Waals surface area contributed by atoms with Gasteiger partial charge in [-0.05, 0) is 73.9 Å². The van der Waals surface area contributed by atoms with E-state index in [1.807, 2.05) is 24.3 Å². The van der Waals surface area contributed by atoms with E-state index in [2.05, 4.69) is 21.2 Å². The summed E-state index contributed by atoms with van der Waals surface area (Å²) in [5, 5.41) is 3.55. The summed E-state index contributed by atoms with van der Waals surface area (Å²) in [5.41, 5.74) is 1.10. The number of halogens is 2. The summed E-state index contributed by atoms with van der Waals surface area (Å²) >= 11 is 9.54. The van der Waals surface area contributed by atoms with Gasteiger partial charge in [-0.15, -0.1) is 0 Å². The first-order valence-electron chi connectivity index (χ1n) is 13.3. The Kier molecular flexibility index (Phi) is 10.3. The first-order valence-corrected chi connectivity index (χ1v) is 15.9. The van der Waals surface area contributed by atoms with E-state index >= 15 is 0 Å². The van der Waals surface area contributed by atoms with Crippen molar-refractivity contribution in [2.75, 3.05) is 10.8 Å². The Bertz CT molecular complexity index is 1410. The molecule has 40 heavy (non-hydrogen) atoms. The molecule has 1 N–H and O–H groups in total. The minimum atomic E-state index is -4.11. The van der Waals surface area contributed by atoms with E-state index in [1.165, 1.54) is 17.0 Å². The van der Waals surface area contributed by atoms with Gasteiger partial charge in [-0.2, -0.15) is 0 Å². The maximum absolute atomic E-state index is 14.0.